The van der Waals surface area contributed by atoms with Crippen molar-refractivity contribution in [2.75, 3.05) is 18.9 Å². The largest absolute Gasteiger partial charge is 0.377 e. The highest BCUT2D eigenvalue weighted by Gasteiger charge is 2.24. The number of rotatable bonds is 5. The minimum Gasteiger partial charge on any atom is -0.377 e. The first-order valence-corrected chi connectivity index (χ1v) is 8.27. The molecular formula is C14H27NOS. The van der Waals surface area contributed by atoms with Crippen molar-refractivity contribution in [3.05, 3.63) is 0 Å². The summed E-state index contributed by atoms with van der Waals surface area (Å²) in [4.78, 5) is 0. The third-order valence-electron chi connectivity index (χ3n) is 4.11. The predicted octanol–water partition coefficient (Wildman–Crippen LogP) is 3.07. The Morgan fingerprint density at radius 2 is 2.12 bits per heavy atom. The van der Waals surface area contributed by atoms with Crippen molar-refractivity contribution < 1.29 is 4.74 Å². The molecule has 1 saturated carbocycles. The van der Waals surface area contributed by atoms with Crippen molar-refractivity contribution in [2.45, 2.75) is 63.3 Å². The molecule has 2 aliphatic rings. The summed E-state index contributed by atoms with van der Waals surface area (Å²) in [5.41, 5.74) is 0. The quantitative estimate of drug-likeness (QED) is 0.765. The van der Waals surface area contributed by atoms with Gasteiger partial charge in [0.15, 0.2) is 0 Å². The lowest BCUT2D eigenvalue weighted by molar-refractivity contribution is 0.127. The van der Waals surface area contributed by atoms with Crippen LogP contribution in [0.1, 0.15) is 46.0 Å². The average Bonchev–Trinajstić information content (AvgIpc) is 2.71. The van der Waals surface area contributed by atoms with Gasteiger partial charge in [-0.3, -0.25) is 0 Å². The van der Waals surface area contributed by atoms with Crippen LogP contribution in [0.3, 0.4) is 0 Å². The van der Waals surface area contributed by atoms with Gasteiger partial charge in [0, 0.05) is 30.2 Å². The molecule has 4 atom stereocenters. The van der Waals surface area contributed by atoms with Crippen LogP contribution >= 0.6 is 11.8 Å². The second kappa shape index (κ2) is 7.01. The van der Waals surface area contributed by atoms with E-state index in [0.29, 0.717) is 6.10 Å². The number of thioether (sulfide) groups is 1. The van der Waals surface area contributed by atoms with Crippen LogP contribution in [0.2, 0.25) is 0 Å². The van der Waals surface area contributed by atoms with Gasteiger partial charge in [-0.2, -0.15) is 11.8 Å². The van der Waals surface area contributed by atoms with Crippen molar-refractivity contribution in [3.8, 4) is 0 Å². The summed E-state index contributed by atoms with van der Waals surface area (Å²) in [5, 5.41) is 4.47. The summed E-state index contributed by atoms with van der Waals surface area (Å²) in [6, 6.07) is 0.789. The minimum absolute atomic E-state index is 0.467. The first-order chi connectivity index (χ1) is 8.25. The van der Waals surface area contributed by atoms with Crippen LogP contribution in [-0.2, 0) is 4.74 Å². The van der Waals surface area contributed by atoms with Gasteiger partial charge < -0.3 is 10.1 Å². The standard InChI is InChI=1S/C14H27NOS/c1-11-4-3-5-13(10-11)15-7-9-17-14-6-8-16-12(14)2/h11-15H,3-10H2,1-2H3. The molecule has 1 N–H and O–H groups in total. The molecule has 2 rings (SSSR count). The number of hydrogen-bond donors (Lipinski definition) is 1. The van der Waals surface area contributed by atoms with Crippen molar-refractivity contribution >= 4 is 11.8 Å². The van der Waals surface area contributed by atoms with Crippen molar-refractivity contribution in [3.63, 3.8) is 0 Å². The smallest absolute Gasteiger partial charge is 0.0666 e. The molecule has 0 aromatic heterocycles. The Morgan fingerprint density at radius 1 is 1.24 bits per heavy atom. The van der Waals surface area contributed by atoms with Gasteiger partial charge in [-0.1, -0.05) is 19.8 Å². The maximum atomic E-state index is 5.59. The van der Waals surface area contributed by atoms with E-state index in [-0.39, 0.29) is 0 Å². The highest BCUT2D eigenvalue weighted by Crippen LogP contribution is 2.26. The lowest BCUT2D eigenvalue weighted by Gasteiger charge is -2.27. The van der Waals surface area contributed by atoms with Crippen molar-refractivity contribution in [1.29, 1.82) is 0 Å². The van der Waals surface area contributed by atoms with Gasteiger partial charge in [0.2, 0.25) is 0 Å². The van der Waals surface area contributed by atoms with Gasteiger partial charge >= 0.3 is 0 Å². The van der Waals surface area contributed by atoms with Crippen LogP contribution in [0.15, 0.2) is 0 Å². The Hall–Kier alpha value is 0.270. The van der Waals surface area contributed by atoms with Crippen LogP contribution in [0, 0.1) is 5.92 Å². The van der Waals surface area contributed by atoms with E-state index in [1.54, 1.807) is 0 Å². The number of ether oxygens (including phenoxy) is 1. The van der Waals surface area contributed by atoms with E-state index < -0.39 is 0 Å². The molecule has 2 fully saturated rings. The van der Waals surface area contributed by atoms with Gasteiger partial charge in [-0.05, 0) is 32.1 Å². The molecule has 0 radical (unpaired) electrons. The lowest BCUT2D eigenvalue weighted by Crippen LogP contribution is -2.35. The van der Waals surface area contributed by atoms with E-state index in [1.165, 1.54) is 44.4 Å². The molecule has 3 heteroatoms. The molecule has 0 bridgehead atoms. The SMILES string of the molecule is CC1CCCC(NCCSC2CCOC2C)C1. The summed E-state index contributed by atoms with van der Waals surface area (Å²) in [7, 11) is 0. The Morgan fingerprint density at radius 3 is 2.82 bits per heavy atom. The molecule has 2 nitrogen and oxygen atoms in total. The van der Waals surface area contributed by atoms with Crippen LogP contribution in [-0.4, -0.2) is 36.3 Å². The molecule has 0 aromatic rings. The molecule has 1 aliphatic carbocycles. The third-order valence-corrected chi connectivity index (χ3v) is 5.60. The fourth-order valence-corrected chi connectivity index (χ4v) is 4.17. The average molecular weight is 257 g/mol. The van der Waals surface area contributed by atoms with Gasteiger partial charge in [0.1, 0.15) is 0 Å². The van der Waals surface area contributed by atoms with E-state index in [4.69, 9.17) is 4.74 Å². The monoisotopic (exact) mass is 257 g/mol. The summed E-state index contributed by atoms with van der Waals surface area (Å²) < 4.78 is 5.59. The molecule has 1 saturated heterocycles. The van der Waals surface area contributed by atoms with E-state index in [0.717, 1.165) is 23.8 Å². The topological polar surface area (TPSA) is 21.3 Å². The molecule has 17 heavy (non-hydrogen) atoms. The van der Waals surface area contributed by atoms with Gasteiger partial charge in [0.05, 0.1) is 6.10 Å². The molecule has 0 amide bonds. The van der Waals surface area contributed by atoms with E-state index in [9.17, 15) is 0 Å². The zero-order valence-electron chi connectivity index (χ0n) is 11.3. The summed E-state index contributed by atoms with van der Waals surface area (Å²) in [5.74, 6) is 2.17. The highest BCUT2D eigenvalue weighted by atomic mass is 32.2. The molecule has 4 unspecified atom stereocenters. The fraction of sp³-hybridized carbons (Fsp3) is 1.00. The molecule has 1 aliphatic heterocycles. The normalized spacial score (nSPS) is 38.5. The molecule has 0 aromatic carbocycles. The van der Waals surface area contributed by atoms with Crippen LogP contribution < -0.4 is 5.32 Å². The lowest BCUT2D eigenvalue weighted by atomic mass is 9.87. The highest BCUT2D eigenvalue weighted by molar-refractivity contribution is 8.00. The minimum atomic E-state index is 0.467. The van der Waals surface area contributed by atoms with Crippen LogP contribution in [0.4, 0.5) is 0 Å². The van der Waals surface area contributed by atoms with Crippen LogP contribution in [0.25, 0.3) is 0 Å². The van der Waals surface area contributed by atoms with Crippen molar-refractivity contribution in [1.82, 2.24) is 5.32 Å². The first kappa shape index (κ1) is 13.7. The summed E-state index contributed by atoms with van der Waals surface area (Å²) in [6.45, 7) is 6.73. The van der Waals surface area contributed by atoms with Gasteiger partial charge in [-0.25, -0.2) is 0 Å². The maximum Gasteiger partial charge on any atom is 0.0666 e. The number of hydrogen-bond acceptors (Lipinski definition) is 3. The summed E-state index contributed by atoms with van der Waals surface area (Å²) in [6.07, 6.45) is 7.33. The zero-order chi connectivity index (χ0) is 12.1. The number of nitrogens with one attached hydrogen (secondary N) is 1. The Kier molecular flexibility index (Phi) is 5.64. The summed E-state index contributed by atoms with van der Waals surface area (Å²) >= 11 is 2.09. The van der Waals surface area contributed by atoms with Gasteiger partial charge in [-0.15, -0.1) is 0 Å². The fourth-order valence-electron chi connectivity index (χ4n) is 3.02. The van der Waals surface area contributed by atoms with E-state index >= 15 is 0 Å². The predicted molar refractivity (Wildman–Crippen MR) is 75.7 cm³/mol. The maximum absolute atomic E-state index is 5.59. The Balaban J connectivity index is 1.53. The Bertz CT molecular complexity index is 224. The zero-order valence-corrected chi connectivity index (χ0v) is 12.1. The first-order valence-electron chi connectivity index (χ1n) is 7.22. The van der Waals surface area contributed by atoms with Crippen LogP contribution in [0.5, 0.6) is 0 Å². The molecule has 0 spiro atoms. The second-order valence-corrected chi connectivity index (χ2v) is 7.04. The van der Waals surface area contributed by atoms with Crippen molar-refractivity contribution in [2.24, 2.45) is 5.92 Å². The molecule has 100 valence electrons. The molecular weight excluding hydrogens is 230 g/mol. The second-order valence-electron chi connectivity index (χ2n) is 5.70. The molecule has 1 heterocycles. The van der Waals surface area contributed by atoms with E-state index in [2.05, 4.69) is 30.9 Å². The van der Waals surface area contributed by atoms with E-state index in [1.807, 2.05) is 0 Å². The Labute approximate surface area is 110 Å². The van der Waals surface area contributed by atoms with Gasteiger partial charge in [0.25, 0.3) is 0 Å². The third kappa shape index (κ3) is 4.46.